The van der Waals surface area contributed by atoms with E-state index >= 15 is 0 Å². The van der Waals surface area contributed by atoms with Crippen LogP contribution in [0.15, 0.2) is 52.4 Å². The Balaban J connectivity index is 1.44. The highest BCUT2D eigenvalue weighted by Crippen LogP contribution is 2.32. The number of carbonyl (C=O) groups is 1. The Morgan fingerprint density at radius 1 is 1.24 bits per heavy atom. The smallest absolute Gasteiger partial charge is 0.263 e. The molecule has 0 bridgehead atoms. The normalized spacial score (nSPS) is 15.8. The Bertz CT molecular complexity index is 1440. The molecule has 192 valence electrons. The first-order valence-electron chi connectivity index (χ1n) is 11.7. The van der Waals surface area contributed by atoms with Gasteiger partial charge in [-0.2, -0.15) is 5.26 Å². The van der Waals surface area contributed by atoms with Crippen LogP contribution in [0.3, 0.4) is 0 Å². The van der Waals surface area contributed by atoms with Crippen molar-refractivity contribution in [2.75, 3.05) is 10.0 Å². The number of fused-ring (bicyclic) bond motifs is 1. The van der Waals surface area contributed by atoms with Gasteiger partial charge in [0.2, 0.25) is 5.91 Å². The standard InChI is InChI=1S/C25H25ClN6O3S2/c1-3-21(36-25-17(14-27)13-16-12-15(2)4-9-20(16)29-25)24(33)28-18-5-7-19(8-6-18)37(34,35)32-23-11-10-22(26)30-31-23/h5-8,10-11,13,15,21H,3-4,9,12H2,1-2H3,(H,28,33)(H,31,32). The van der Waals surface area contributed by atoms with E-state index in [0.717, 1.165) is 30.5 Å². The fourth-order valence-corrected chi connectivity index (χ4v) is 6.06. The van der Waals surface area contributed by atoms with Crippen LogP contribution in [0.4, 0.5) is 11.5 Å². The summed E-state index contributed by atoms with van der Waals surface area (Å²) in [5, 5.41) is 20.0. The predicted molar refractivity (Wildman–Crippen MR) is 143 cm³/mol. The average Bonchev–Trinajstić information content (AvgIpc) is 2.88. The first-order valence-corrected chi connectivity index (χ1v) is 14.4. The van der Waals surface area contributed by atoms with Gasteiger partial charge in [0, 0.05) is 11.4 Å². The molecule has 2 atom stereocenters. The van der Waals surface area contributed by atoms with E-state index in [2.05, 4.69) is 33.2 Å². The van der Waals surface area contributed by atoms with Crippen molar-refractivity contribution in [3.63, 3.8) is 0 Å². The maximum atomic E-state index is 13.0. The molecule has 4 rings (SSSR count). The van der Waals surface area contributed by atoms with Gasteiger partial charge >= 0.3 is 0 Å². The number of anilines is 2. The summed E-state index contributed by atoms with van der Waals surface area (Å²) in [6.07, 6.45) is 3.36. The molecular weight excluding hydrogens is 532 g/mol. The van der Waals surface area contributed by atoms with Crippen LogP contribution in [0.25, 0.3) is 0 Å². The number of nitriles is 1. The molecule has 37 heavy (non-hydrogen) atoms. The third kappa shape index (κ3) is 6.57. The van der Waals surface area contributed by atoms with Crippen molar-refractivity contribution in [2.45, 2.75) is 54.7 Å². The third-order valence-electron chi connectivity index (χ3n) is 5.94. The van der Waals surface area contributed by atoms with Crippen LogP contribution >= 0.6 is 23.4 Å². The van der Waals surface area contributed by atoms with Gasteiger partial charge in [0.1, 0.15) is 11.1 Å². The van der Waals surface area contributed by atoms with Gasteiger partial charge in [0.25, 0.3) is 10.0 Å². The third-order valence-corrected chi connectivity index (χ3v) is 8.88. The van der Waals surface area contributed by atoms with Crippen LogP contribution in [0.2, 0.25) is 5.15 Å². The van der Waals surface area contributed by atoms with Gasteiger partial charge in [0.05, 0.1) is 15.7 Å². The number of nitrogens with one attached hydrogen (secondary N) is 2. The van der Waals surface area contributed by atoms with E-state index < -0.39 is 15.3 Å². The van der Waals surface area contributed by atoms with Crippen molar-refractivity contribution in [3.05, 3.63) is 64.4 Å². The van der Waals surface area contributed by atoms with Crippen LogP contribution in [0.1, 0.15) is 43.5 Å². The molecule has 12 heteroatoms. The summed E-state index contributed by atoms with van der Waals surface area (Å²) in [5.41, 5.74) is 3.05. The number of carbonyl (C=O) groups excluding carboxylic acids is 1. The van der Waals surface area contributed by atoms with Crippen molar-refractivity contribution < 1.29 is 13.2 Å². The minimum Gasteiger partial charge on any atom is -0.325 e. The zero-order valence-corrected chi connectivity index (χ0v) is 22.6. The molecule has 0 aliphatic heterocycles. The van der Waals surface area contributed by atoms with E-state index in [-0.39, 0.29) is 21.8 Å². The fourth-order valence-electron chi connectivity index (χ4n) is 3.96. The lowest BCUT2D eigenvalue weighted by atomic mass is 9.87. The number of aromatic nitrogens is 3. The van der Waals surface area contributed by atoms with Crippen molar-refractivity contribution in [3.8, 4) is 6.07 Å². The fraction of sp³-hybridized carbons (Fsp3) is 0.320. The van der Waals surface area contributed by atoms with Crippen LogP contribution in [-0.2, 0) is 27.7 Å². The number of nitrogens with zero attached hydrogens (tertiary/aromatic N) is 4. The van der Waals surface area contributed by atoms with E-state index in [1.54, 1.807) is 0 Å². The van der Waals surface area contributed by atoms with Gasteiger partial charge in [-0.15, -0.1) is 10.2 Å². The molecular formula is C25H25ClN6O3S2. The molecule has 1 aromatic carbocycles. The van der Waals surface area contributed by atoms with Gasteiger partial charge in [-0.1, -0.05) is 37.2 Å². The van der Waals surface area contributed by atoms with Crippen molar-refractivity contribution in [1.82, 2.24) is 15.2 Å². The largest absolute Gasteiger partial charge is 0.325 e. The van der Waals surface area contributed by atoms with Crippen molar-refractivity contribution >= 4 is 50.8 Å². The average molecular weight is 557 g/mol. The van der Waals surface area contributed by atoms with Gasteiger partial charge in [-0.05, 0) is 79.6 Å². The number of amides is 1. The van der Waals surface area contributed by atoms with E-state index in [1.807, 2.05) is 13.0 Å². The van der Waals surface area contributed by atoms with E-state index in [1.165, 1.54) is 48.2 Å². The molecule has 1 aliphatic carbocycles. The number of hydrogen-bond donors (Lipinski definition) is 2. The number of benzene rings is 1. The second-order valence-corrected chi connectivity index (χ2v) is 12.0. The molecule has 0 fully saturated rings. The molecule has 2 unspecified atom stereocenters. The molecule has 1 amide bonds. The molecule has 2 aromatic heterocycles. The summed E-state index contributed by atoms with van der Waals surface area (Å²) in [6.45, 7) is 4.09. The highest BCUT2D eigenvalue weighted by Gasteiger charge is 2.24. The summed E-state index contributed by atoms with van der Waals surface area (Å²) in [4.78, 5) is 17.8. The summed E-state index contributed by atoms with van der Waals surface area (Å²) < 4.78 is 27.6. The predicted octanol–water partition coefficient (Wildman–Crippen LogP) is 4.83. The highest BCUT2D eigenvalue weighted by atomic mass is 35.5. The maximum absolute atomic E-state index is 13.0. The van der Waals surface area contributed by atoms with Gasteiger partial charge in [-0.3, -0.25) is 9.52 Å². The number of halogens is 1. The number of aryl methyl sites for hydroxylation is 1. The number of thioether (sulfide) groups is 1. The molecule has 0 saturated carbocycles. The Morgan fingerprint density at radius 3 is 2.65 bits per heavy atom. The zero-order chi connectivity index (χ0) is 26.6. The Kier molecular flexibility index (Phi) is 8.32. The summed E-state index contributed by atoms with van der Waals surface area (Å²) >= 11 is 6.96. The second-order valence-electron chi connectivity index (χ2n) is 8.78. The van der Waals surface area contributed by atoms with Gasteiger partial charge in [0.15, 0.2) is 11.0 Å². The Morgan fingerprint density at radius 2 is 2.00 bits per heavy atom. The van der Waals surface area contributed by atoms with Crippen LogP contribution in [0, 0.1) is 17.2 Å². The Hall–Kier alpha value is -3.20. The number of rotatable bonds is 8. The number of sulfonamides is 1. The first kappa shape index (κ1) is 26.9. The molecule has 0 radical (unpaired) electrons. The lowest BCUT2D eigenvalue weighted by molar-refractivity contribution is -0.115. The van der Waals surface area contributed by atoms with Gasteiger partial charge in [-0.25, -0.2) is 13.4 Å². The number of hydrogen-bond acceptors (Lipinski definition) is 8. The second kappa shape index (κ2) is 11.5. The molecule has 0 saturated heterocycles. The summed E-state index contributed by atoms with van der Waals surface area (Å²) in [5.74, 6) is 0.345. The molecule has 2 N–H and O–H groups in total. The van der Waals surface area contributed by atoms with Crippen molar-refractivity contribution in [2.24, 2.45) is 5.92 Å². The van der Waals surface area contributed by atoms with E-state index in [9.17, 15) is 18.5 Å². The highest BCUT2D eigenvalue weighted by molar-refractivity contribution is 8.00. The van der Waals surface area contributed by atoms with Crippen LogP contribution < -0.4 is 10.0 Å². The summed E-state index contributed by atoms with van der Waals surface area (Å²) in [7, 11) is -3.90. The SMILES string of the molecule is CCC(Sc1nc2c(cc1C#N)CC(C)CC2)C(=O)Nc1ccc(S(=O)(=O)Nc2ccc(Cl)nn2)cc1. The lowest BCUT2D eigenvalue weighted by Gasteiger charge is -2.22. The lowest BCUT2D eigenvalue weighted by Crippen LogP contribution is -2.25. The molecule has 1 aliphatic rings. The molecule has 0 spiro atoms. The quantitative estimate of drug-likeness (QED) is 0.376. The maximum Gasteiger partial charge on any atom is 0.263 e. The minimum atomic E-state index is -3.90. The van der Waals surface area contributed by atoms with Crippen LogP contribution in [-0.4, -0.2) is 34.8 Å². The van der Waals surface area contributed by atoms with E-state index in [0.29, 0.717) is 28.6 Å². The molecule has 3 aromatic rings. The molecule has 2 heterocycles. The molecule has 9 nitrogen and oxygen atoms in total. The topological polar surface area (TPSA) is 138 Å². The van der Waals surface area contributed by atoms with E-state index in [4.69, 9.17) is 16.6 Å². The van der Waals surface area contributed by atoms with Gasteiger partial charge < -0.3 is 5.32 Å². The summed E-state index contributed by atoms with van der Waals surface area (Å²) in [6, 6.07) is 12.8. The minimum absolute atomic E-state index is 0.00472. The van der Waals surface area contributed by atoms with Crippen molar-refractivity contribution in [1.29, 1.82) is 5.26 Å². The Labute approximate surface area is 225 Å². The van der Waals surface area contributed by atoms with Crippen LogP contribution in [0.5, 0.6) is 0 Å². The monoisotopic (exact) mass is 556 g/mol. The zero-order valence-electron chi connectivity index (χ0n) is 20.2. The first-order chi connectivity index (χ1) is 17.7. The number of pyridine rings is 1.